The molecule has 2 rings (SSSR count). The predicted octanol–water partition coefficient (Wildman–Crippen LogP) is 3.24. The largest absolute Gasteiger partial charge is 0.481 e. The van der Waals surface area contributed by atoms with E-state index in [1.165, 1.54) is 6.07 Å². The van der Waals surface area contributed by atoms with Gasteiger partial charge in [0, 0.05) is 30.6 Å². The molecule has 1 atom stereocenters. The van der Waals surface area contributed by atoms with Crippen molar-refractivity contribution in [1.82, 2.24) is 10.6 Å². The van der Waals surface area contributed by atoms with Gasteiger partial charge < -0.3 is 15.7 Å². The van der Waals surface area contributed by atoms with E-state index in [1.54, 1.807) is 0 Å². The molecule has 2 amide bonds. The molecule has 0 aromatic heterocycles. The number of urea groups is 1. The first-order chi connectivity index (χ1) is 12.4. The Kier molecular flexibility index (Phi) is 7.08. The van der Waals surface area contributed by atoms with Gasteiger partial charge >= 0.3 is 12.0 Å². The van der Waals surface area contributed by atoms with Crippen molar-refractivity contribution in [2.45, 2.75) is 31.8 Å². The van der Waals surface area contributed by atoms with Crippen LogP contribution < -0.4 is 10.6 Å². The van der Waals surface area contributed by atoms with Crippen molar-refractivity contribution in [3.8, 4) is 0 Å². The highest BCUT2D eigenvalue weighted by Gasteiger charge is 2.15. The van der Waals surface area contributed by atoms with E-state index in [0.29, 0.717) is 6.42 Å². The zero-order valence-electron chi connectivity index (χ0n) is 14.0. The van der Waals surface area contributed by atoms with Crippen LogP contribution in [0, 0.1) is 11.6 Å². The van der Waals surface area contributed by atoms with Crippen LogP contribution in [0.15, 0.2) is 48.5 Å². The van der Waals surface area contributed by atoms with Gasteiger partial charge in [-0.25, -0.2) is 13.6 Å². The molecule has 1 unspecified atom stereocenters. The molecule has 5 nitrogen and oxygen atoms in total. The first-order valence-electron chi connectivity index (χ1n) is 8.18. The summed E-state index contributed by atoms with van der Waals surface area (Å²) in [6.45, 7) is -0.102. The molecule has 0 aliphatic carbocycles. The molecule has 0 aliphatic heterocycles. The first-order valence-corrected chi connectivity index (χ1v) is 8.18. The van der Waals surface area contributed by atoms with Crippen LogP contribution in [0.4, 0.5) is 13.6 Å². The second kappa shape index (κ2) is 9.50. The fraction of sp³-hybridized carbons (Fsp3) is 0.263. The molecule has 26 heavy (non-hydrogen) atoms. The smallest absolute Gasteiger partial charge is 0.315 e. The SMILES string of the molecule is O=C(O)CCC(Cc1ccccc1)NC(=O)NCc1ccc(F)cc1F. The fourth-order valence-electron chi connectivity index (χ4n) is 2.50. The summed E-state index contributed by atoms with van der Waals surface area (Å²) in [4.78, 5) is 22.9. The molecule has 0 aliphatic rings. The van der Waals surface area contributed by atoms with Crippen molar-refractivity contribution in [2.24, 2.45) is 0 Å². The number of benzene rings is 2. The second-order valence-electron chi connectivity index (χ2n) is 5.88. The molecule has 2 aromatic rings. The van der Waals surface area contributed by atoms with E-state index in [0.717, 1.165) is 17.7 Å². The van der Waals surface area contributed by atoms with Gasteiger partial charge in [-0.3, -0.25) is 4.79 Å². The van der Waals surface area contributed by atoms with E-state index in [4.69, 9.17) is 5.11 Å². The number of aliphatic carboxylic acids is 1. The predicted molar refractivity (Wildman–Crippen MR) is 92.5 cm³/mol. The monoisotopic (exact) mass is 362 g/mol. The lowest BCUT2D eigenvalue weighted by Crippen LogP contribution is -2.43. The first kappa shape index (κ1) is 19.4. The highest BCUT2D eigenvalue weighted by Crippen LogP contribution is 2.10. The number of rotatable bonds is 8. The van der Waals surface area contributed by atoms with Gasteiger partial charge in [0.2, 0.25) is 0 Å². The summed E-state index contributed by atoms with van der Waals surface area (Å²) in [5, 5.41) is 14.1. The number of hydrogen-bond donors (Lipinski definition) is 3. The van der Waals surface area contributed by atoms with Crippen LogP contribution in [-0.2, 0) is 17.8 Å². The topological polar surface area (TPSA) is 78.4 Å². The molecule has 0 radical (unpaired) electrons. The maximum absolute atomic E-state index is 13.6. The van der Waals surface area contributed by atoms with Crippen molar-refractivity contribution in [2.75, 3.05) is 0 Å². The maximum atomic E-state index is 13.6. The number of hydrogen-bond acceptors (Lipinski definition) is 2. The molecule has 2 aromatic carbocycles. The lowest BCUT2D eigenvalue weighted by atomic mass is 10.0. The minimum absolute atomic E-state index is 0.0790. The van der Waals surface area contributed by atoms with Crippen LogP contribution in [0.3, 0.4) is 0 Å². The van der Waals surface area contributed by atoms with Gasteiger partial charge in [-0.05, 0) is 24.5 Å². The maximum Gasteiger partial charge on any atom is 0.315 e. The molecule has 0 fully saturated rings. The molecule has 0 spiro atoms. The molecule has 7 heteroatoms. The minimum atomic E-state index is -0.946. The molecule has 0 saturated heterocycles. The van der Waals surface area contributed by atoms with Gasteiger partial charge in [-0.1, -0.05) is 36.4 Å². The van der Waals surface area contributed by atoms with Crippen LogP contribution in [0.2, 0.25) is 0 Å². The van der Waals surface area contributed by atoms with Gasteiger partial charge in [-0.2, -0.15) is 0 Å². The summed E-state index contributed by atoms with van der Waals surface area (Å²) in [5.41, 5.74) is 1.12. The van der Waals surface area contributed by atoms with E-state index in [9.17, 15) is 18.4 Å². The highest BCUT2D eigenvalue weighted by atomic mass is 19.1. The summed E-state index contributed by atoms with van der Waals surface area (Å²) in [7, 11) is 0. The summed E-state index contributed by atoms with van der Waals surface area (Å²) in [6, 6.07) is 11.6. The summed E-state index contributed by atoms with van der Waals surface area (Å²) in [6.07, 6.45) is 0.666. The van der Waals surface area contributed by atoms with Crippen molar-refractivity contribution >= 4 is 12.0 Å². The zero-order valence-corrected chi connectivity index (χ0v) is 14.0. The van der Waals surface area contributed by atoms with Gasteiger partial charge in [0.25, 0.3) is 0 Å². The molecular formula is C19H20F2N2O3. The third-order valence-corrected chi connectivity index (χ3v) is 3.82. The van der Waals surface area contributed by atoms with E-state index < -0.39 is 23.6 Å². The van der Waals surface area contributed by atoms with Crippen LogP contribution in [0.25, 0.3) is 0 Å². The molecule has 0 saturated carbocycles. The normalized spacial score (nSPS) is 11.6. The Morgan fingerprint density at radius 3 is 2.46 bits per heavy atom. The lowest BCUT2D eigenvalue weighted by molar-refractivity contribution is -0.137. The quantitative estimate of drug-likeness (QED) is 0.675. The second-order valence-corrected chi connectivity index (χ2v) is 5.88. The Balaban J connectivity index is 1.92. The third kappa shape index (κ3) is 6.51. The van der Waals surface area contributed by atoms with Gasteiger partial charge in [0.1, 0.15) is 11.6 Å². The Morgan fingerprint density at radius 1 is 1.08 bits per heavy atom. The fourth-order valence-corrected chi connectivity index (χ4v) is 2.50. The average Bonchev–Trinajstić information content (AvgIpc) is 2.60. The van der Waals surface area contributed by atoms with Crippen molar-refractivity contribution in [3.05, 3.63) is 71.3 Å². The number of carbonyl (C=O) groups excluding carboxylic acids is 1. The van der Waals surface area contributed by atoms with Gasteiger partial charge in [0.15, 0.2) is 0 Å². The Labute approximate surface area is 150 Å². The van der Waals surface area contributed by atoms with Crippen molar-refractivity contribution < 1.29 is 23.5 Å². The van der Waals surface area contributed by atoms with E-state index in [2.05, 4.69) is 10.6 Å². The average molecular weight is 362 g/mol. The van der Waals surface area contributed by atoms with Crippen LogP contribution in [0.5, 0.6) is 0 Å². The molecule has 0 bridgehead atoms. The minimum Gasteiger partial charge on any atom is -0.481 e. The van der Waals surface area contributed by atoms with Crippen molar-refractivity contribution in [1.29, 1.82) is 0 Å². The summed E-state index contributed by atoms with van der Waals surface area (Å²) >= 11 is 0. The Bertz CT molecular complexity index is 754. The number of amides is 2. The number of carbonyl (C=O) groups is 2. The zero-order chi connectivity index (χ0) is 18.9. The van der Waals surface area contributed by atoms with E-state index >= 15 is 0 Å². The lowest BCUT2D eigenvalue weighted by Gasteiger charge is -2.19. The molecular weight excluding hydrogens is 342 g/mol. The molecule has 138 valence electrons. The number of nitrogens with one attached hydrogen (secondary N) is 2. The number of carboxylic acids is 1. The number of carboxylic acid groups (broad SMARTS) is 1. The third-order valence-electron chi connectivity index (χ3n) is 3.82. The van der Waals surface area contributed by atoms with E-state index in [1.807, 2.05) is 30.3 Å². The van der Waals surface area contributed by atoms with E-state index in [-0.39, 0.29) is 31.0 Å². The van der Waals surface area contributed by atoms with Gasteiger partial charge in [0.05, 0.1) is 0 Å². The van der Waals surface area contributed by atoms with Crippen LogP contribution >= 0.6 is 0 Å². The van der Waals surface area contributed by atoms with Crippen LogP contribution in [-0.4, -0.2) is 23.1 Å². The molecule has 0 heterocycles. The summed E-state index contributed by atoms with van der Waals surface area (Å²) in [5.74, 6) is -2.37. The molecule has 3 N–H and O–H groups in total. The Morgan fingerprint density at radius 2 is 1.81 bits per heavy atom. The standard InChI is InChI=1S/C19H20F2N2O3/c20-15-7-6-14(17(21)11-15)12-22-19(26)23-16(8-9-18(24)25)10-13-4-2-1-3-5-13/h1-7,11,16H,8-10,12H2,(H,24,25)(H2,22,23,26). The van der Waals surface area contributed by atoms with Gasteiger partial charge in [-0.15, -0.1) is 0 Å². The van der Waals surface area contributed by atoms with Crippen LogP contribution in [0.1, 0.15) is 24.0 Å². The van der Waals surface area contributed by atoms with Crippen molar-refractivity contribution in [3.63, 3.8) is 0 Å². The number of halogens is 2. The Hall–Kier alpha value is -2.96. The summed E-state index contributed by atoms with van der Waals surface area (Å²) < 4.78 is 26.5. The highest BCUT2D eigenvalue weighted by molar-refractivity contribution is 5.74.